The normalized spacial score (nSPS) is 19.2. The maximum atomic E-state index is 13.2. The Kier molecular flexibility index (Phi) is 6.15. The standard InChI is InChI=1S/C24H20F3N3O2S/c25-24(26,27)19-9-11-21(12-10-19)33(31,32)30-15-22(18-6-2-1-3-7-18)23(16-30)29-20-8-4-5-17(13-20)14-28/h1-13,22-23,29H,15-16H2/t22-,23+/m0/s1. The van der Waals surface area contributed by atoms with E-state index in [0.717, 1.165) is 29.8 Å². The van der Waals surface area contributed by atoms with E-state index in [4.69, 9.17) is 5.26 Å². The molecule has 0 aliphatic carbocycles. The minimum atomic E-state index is -4.54. The van der Waals surface area contributed by atoms with Crippen LogP contribution in [0.25, 0.3) is 0 Å². The van der Waals surface area contributed by atoms with Crippen molar-refractivity contribution in [2.75, 3.05) is 18.4 Å². The number of rotatable bonds is 5. The smallest absolute Gasteiger partial charge is 0.380 e. The number of hydrogen-bond donors (Lipinski definition) is 1. The molecule has 0 aromatic heterocycles. The van der Waals surface area contributed by atoms with Crippen LogP contribution in [0.1, 0.15) is 22.6 Å². The first-order valence-corrected chi connectivity index (χ1v) is 11.6. The summed E-state index contributed by atoms with van der Waals surface area (Å²) < 4.78 is 66.4. The zero-order valence-electron chi connectivity index (χ0n) is 17.3. The zero-order valence-corrected chi connectivity index (χ0v) is 18.1. The van der Waals surface area contributed by atoms with Crippen LogP contribution in [-0.2, 0) is 16.2 Å². The first kappa shape index (κ1) is 22.8. The summed E-state index contributed by atoms with van der Waals surface area (Å²) in [6.45, 7) is 0.294. The van der Waals surface area contributed by atoms with Gasteiger partial charge in [0.15, 0.2) is 0 Å². The van der Waals surface area contributed by atoms with Crippen LogP contribution < -0.4 is 5.32 Å². The molecule has 170 valence electrons. The molecule has 33 heavy (non-hydrogen) atoms. The quantitative estimate of drug-likeness (QED) is 0.578. The largest absolute Gasteiger partial charge is 0.416 e. The molecule has 9 heteroatoms. The lowest BCUT2D eigenvalue weighted by atomic mass is 9.94. The molecule has 0 spiro atoms. The van der Waals surface area contributed by atoms with Gasteiger partial charge in [-0.15, -0.1) is 0 Å². The van der Waals surface area contributed by atoms with E-state index in [0.29, 0.717) is 11.3 Å². The molecule has 0 radical (unpaired) electrons. The molecule has 0 amide bonds. The van der Waals surface area contributed by atoms with Crippen LogP contribution in [0.2, 0.25) is 0 Å². The second-order valence-corrected chi connectivity index (χ2v) is 9.74. The summed E-state index contributed by atoms with van der Waals surface area (Å²) in [7, 11) is -4.01. The lowest BCUT2D eigenvalue weighted by molar-refractivity contribution is -0.137. The molecule has 4 rings (SSSR count). The van der Waals surface area contributed by atoms with E-state index in [1.165, 1.54) is 4.31 Å². The van der Waals surface area contributed by atoms with Crippen molar-refractivity contribution in [3.8, 4) is 6.07 Å². The van der Waals surface area contributed by atoms with Crippen LogP contribution in [0.5, 0.6) is 0 Å². The monoisotopic (exact) mass is 471 g/mol. The second-order valence-electron chi connectivity index (χ2n) is 7.80. The number of alkyl halides is 3. The zero-order chi connectivity index (χ0) is 23.6. The Morgan fingerprint density at radius 2 is 1.64 bits per heavy atom. The third kappa shape index (κ3) is 4.87. The molecule has 0 unspecified atom stereocenters. The Morgan fingerprint density at radius 3 is 2.27 bits per heavy atom. The number of nitrogens with one attached hydrogen (secondary N) is 1. The van der Waals surface area contributed by atoms with Gasteiger partial charge in [-0.2, -0.15) is 22.7 Å². The Morgan fingerprint density at radius 1 is 0.939 bits per heavy atom. The number of benzene rings is 3. The first-order chi connectivity index (χ1) is 15.7. The number of hydrogen-bond acceptors (Lipinski definition) is 4. The molecule has 1 fully saturated rings. The van der Waals surface area contributed by atoms with Crippen LogP contribution >= 0.6 is 0 Å². The highest BCUT2D eigenvalue weighted by Gasteiger charge is 2.40. The van der Waals surface area contributed by atoms with Gasteiger partial charge in [0, 0.05) is 30.7 Å². The minimum Gasteiger partial charge on any atom is -0.380 e. The fraction of sp³-hybridized carbons (Fsp3) is 0.208. The molecule has 0 bridgehead atoms. The lowest BCUT2D eigenvalue weighted by Crippen LogP contribution is -2.32. The molecule has 2 atom stereocenters. The van der Waals surface area contributed by atoms with Crippen LogP contribution in [-0.4, -0.2) is 31.9 Å². The van der Waals surface area contributed by atoms with Crippen molar-refractivity contribution in [1.29, 1.82) is 5.26 Å². The lowest BCUT2D eigenvalue weighted by Gasteiger charge is -2.21. The molecule has 0 saturated carbocycles. The predicted octanol–water partition coefficient (Wildman–Crippen LogP) is 4.85. The summed E-state index contributed by atoms with van der Waals surface area (Å²) >= 11 is 0. The van der Waals surface area contributed by atoms with E-state index in [1.54, 1.807) is 24.3 Å². The molecule has 5 nitrogen and oxygen atoms in total. The molecular weight excluding hydrogens is 451 g/mol. The van der Waals surface area contributed by atoms with Crippen molar-refractivity contribution in [1.82, 2.24) is 4.31 Å². The van der Waals surface area contributed by atoms with Gasteiger partial charge in [-0.1, -0.05) is 36.4 Å². The van der Waals surface area contributed by atoms with Gasteiger partial charge in [0.1, 0.15) is 0 Å². The van der Waals surface area contributed by atoms with Crippen molar-refractivity contribution in [2.45, 2.75) is 23.0 Å². The third-order valence-corrected chi connectivity index (χ3v) is 7.52. The maximum absolute atomic E-state index is 13.2. The summed E-state index contributed by atoms with van der Waals surface area (Å²) in [5.74, 6) is -0.193. The van der Waals surface area contributed by atoms with Gasteiger partial charge >= 0.3 is 6.18 Å². The third-order valence-electron chi connectivity index (χ3n) is 5.68. The van der Waals surface area contributed by atoms with Crippen LogP contribution in [0.15, 0.2) is 83.8 Å². The Labute approximate surface area is 190 Å². The average Bonchev–Trinajstić information content (AvgIpc) is 3.24. The Hall–Kier alpha value is -3.35. The number of nitrogens with zero attached hydrogens (tertiary/aromatic N) is 2. The van der Waals surface area contributed by atoms with Crippen molar-refractivity contribution >= 4 is 15.7 Å². The van der Waals surface area contributed by atoms with Crippen LogP contribution in [0, 0.1) is 11.3 Å². The topological polar surface area (TPSA) is 73.2 Å². The summed E-state index contributed by atoms with van der Waals surface area (Å²) in [4.78, 5) is -0.186. The van der Waals surface area contributed by atoms with Gasteiger partial charge in [0.05, 0.1) is 22.1 Å². The Balaban J connectivity index is 1.63. The number of halogens is 3. The van der Waals surface area contributed by atoms with E-state index in [2.05, 4.69) is 11.4 Å². The van der Waals surface area contributed by atoms with Crippen LogP contribution in [0.4, 0.5) is 18.9 Å². The van der Waals surface area contributed by atoms with Gasteiger partial charge in [0.2, 0.25) is 10.0 Å². The SMILES string of the molecule is N#Cc1cccc(N[C@@H]2CN(S(=O)(=O)c3ccc(C(F)(F)F)cc3)C[C@H]2c2ccccc2)c1. The maximum Gasteiger partial charge on any atom is 0.416 e. The Bertz CT molecular complexity index is 1270. The number of nitriles is 1. The highest BCUT2D eigenvalue weighted by atomic mass is 32.2. The summed E-state index contributed by atoms with van der Waals surface area (Å²) in [5, 5.41) is 12.5. The summed E-state index contributed by atoms with van der Waals surface area (Å²) in [5.41, 5.74) is 1.20. The fourth-order valence-electron chi connectivity index (χ4n) is 4.01. The van der Waals surface area contributed by atoms with E-state index in [1.807, 2.05) is 30.3 Å². The number of sulfonamides is 1. The van der Waals surface area contributed by atoms with Gasteiger partial charge in [0.25, 0.3) is 0 Å². The molecular formula is C24H20F3N3O2S. The van der Waals surface area contributed by atoms with Crippen molar-refractivity contribution in [3.63, 3.8) is 0 Å². The predicted molar refractivity (Wildman–Crippen MR) is 118 cm³/mol. The van der Waals surface area contributed by atoms with Crippen molar-refractivity contribution in [3.05, 3.63) is 95.6 Å². The molecule has 1 N–H and O–H groups in total. The van der Waals surface area contributed by atoms with Crippen molar-refractivity contribution in [2.24, 2.45) is 0 Å². The number of anilines is 1. The first-order valence-electron chi connectivity index (χ1n) is 10.2. The minimum absolute atomic E-state index is 0.125. The van der Waals surface area contributed by atoms with Gasteiger partial charge < -0.3 is 5.32 Å². The summed E-state index contributed by atoms with van der Waals surface area (Å²) in [6, 6.07) is 21.7. The fourth-order valence-corrected chi connectivity index (χ4v) is 5.50. The van der Waals surface area contributed by atoms with E-state index < -0.39 is 21.8 Å². The highest BCUT2D eigenvalue weighted by Crippen LogP contribution is 2.35. The van der Waals surface area contributed by atoms with Crippen LogP contribution in [0.3, 0.4) is 0 Å². The average molecular weight is 472 g/mol. The molecule has 3 aromatic rings. The van der Waals surface area contributed by atoms with Gasteiger partial charge in [-0.25, -0.2) is 8.42 Å². The van der Waals surface area contributed by atoms with E-state index >= 15 is 0 Å². The molecule has 1 saturated heterocycles. The molecule has 3 aromatic carbocycles. The molecule has 1 aliphatic heterocycles. The van der Waals surface area contributed by atoms with Gasteiger partial charge in [-0.05, 0) is 48.0 Å². The molecule has 1 aliphatic rings. The second kappa shape index (κ2) is 8.89. The van der Waals surface area contributed by atoms with E-state index in [9.17, 15) is 21.6 Å². The summed E-state index contributed by atoms with van der Waals surface area (Å²) in [6.07, 6.45) is -4.54. The van der Waals surface area contributed by atoms with Crippen molar-refractivity contribution < 1.29 is 21.6 Å². The van der Waals surface area contributed by atoms with Gasteiger partial charge in [-0.3, -0.25) is 0 Å². The highest BCUT2D eigenvalue weighted by molar-refractivity contribution is 7.89. The van der Waals surface area contributed by atoms with E-state index in [-0.39, 0.29) is 29.9 Å². The molecule has 1 heterocycles.